The van der Waals surface area contributed by atoms with Gasteiger partial charge in [0.05, 0.1) is 0 Å². The van der Waals surface area contributed by atoms with E-state index in [1.807, 2.05) is 0 Å². The maximum absolute atomic E-state index is 11.6. The van der Waals surface area contributed by atoms with Crippen LogP contribution in [0.4, 0.5) is 5.69 Å². The van der Waals surface area contributed by atoms with Gasteiger partial charge in [-0.05, 0) is 24.3 Å². The van der Waals surface area contributed by atoms with Gasteiger partial charge in [-0.25, -0.2) is 19.2 Å². The first-order chi connectivity index (χ1) is 14.2. The maximum Gasteiger partial charge on any atom is 0.349 e. The van der Waals surface area contributed by atoms with E-state index < -0.39 is 55.4 Å². The monoisotopic (exact) mass is 428 g/mol. The van der Waals surface area contributed by atoms with Crippen molar-refractivity contribution in [1.29, 1.82) is 0 Å². The van der Waals surface area contributed by atoms with Gasteiger partial charge in [-0.2, -0.15) is 0 Å². The summed E-state index contributed by atoms with van der Waals surface area (Å²) < 4.78 is 18.2. The summed E-state index contributed by atoms with van der Waals surface area (Å²) in [7, 11) is 0. The fourth-order valence-electron chi connectivity index (χ4n) is 1.62. The summed E-state index contributed by atoms with van der Waals surface area (Å²) in [5.74, 6) is -4.46. The molecule has 0 unspecified atom stereocenters. The quantitative estimate of drug-likeness (QED) is 0.155. The van der Waals surface area contributed by atoms with Gasteiger partial charge >= 0.3 is 23.9 Å². The highest BCUT2D eigenvalue weighted by Gasteiger charge is 2.14. The van der Waals surface area contributed by atoms with Crippen LogP contribution in [0.25, 0.3) is 0 Å². The minimum Gasteiger partial charge on any atom is -0.452 e. The van der Waals surface area contributed by atoms with Gasteiger partial charge in [0.1, 0.15) is 5.75 Å². The molecule has 0 saturated heterocycles. The third-order valence-corrected chi connectivity index (χ3v) is 2.75. The molecule has 1 aromatic rings. The topological polar surface area (TPSA) is 187 Å². The number of carbonyl (C=O) groups is 5. The van der Waals surface area contributed by atoms with Gasteiger partial charge in [-0.15, -0.1) is 10.1 Å². The number of nitrogens with zero attached hydrogens (tertiary/aromatic N) is 1. The molecule has 0 aliphatic heterocycles. The average molecular weight is 428 g/mol. The van der Waals surface area contributed by atoms with E-state index >= 15 is 0 Å². The molecule has 14 nitrogen and oxygen atoms in total. The number of carbonyl (C=O) groups excluding carboxylic acids is 5. The summed E-state index contributed by atoms with van der Waals surface area (Å²) in [6.45, 7) is -2.23. The molecule has 1 N–H and O–H groups in total. The average Bonchev–Trinajstić information content (AvgIpc) is 2.68. The summed E-state index contributed by atoms with van der Waals surface area (Å²) in [4.78, 5) is 69.7. The van der Waals surface area contributed by atoms with Crippen LogP contribution in [-0.2, 0) is 43.0 Å². The van der Waals surface area contributed by atoms with Crippen LogP contribution in [0.5, 0.6) is 5.75 Å². The Morgan fingerprint density at radius 2 is 1.30 bits per heavy atom. The number of nitrogens with one attached hydrogen (secondary N) is 1. The number of hydrogen-bond donors (Lipinski definition) is 1. The lowest BCUT2D eigenvalue weighted by Gasteiger charge is -2.08. The van der Waals surface area contributed by atoms with Gasteiger partial charge in [0.25, 0.3) is 5.09 Å². The van der Waals surface area contributed by atoms with Crippen molar-refractivity contribution < 1.29 is 52.8 Å². The van der Waals surface area contributed by atoms with E-state index in [9.17, 15) is 34.1 Å². The molecule has 0 atom stereocenters. The van der Waals surface area contributed by atoms with Crippen molar-refractivity contribution in [1.82, 2.24) is 0 Å². The molecule has 1 aromatic carbocycles. The first kappa shape index (κ1) is 23.8. The van der Waals surface area contributed by atoms with Crippen LogP contribution in [0.15, 0.2) is 24.3 Å². The van der Waals surface area contributed by atoms with Crippen LogP contribution in [0.1, 0.15) is 6.92 Å². The number of benzene rings is 1. The van der Waals surface area contributed by atoms with Crippen LogP contribution in [0.2, 0.25) is 0 Å². The number of anilines is 1. The lowest BCUT2D eigenvalue weighted by atomic mass is 10.3. The van der Waals surface area contributed by atoms with E-state index in [4.69, 9.17) is 4.74 Å². The Bertz CT molecular complexity index is 805. The van der Waals surface area contributed by atoms with E-state index in [1.54, 1.807) is 0 Å². The third kappa shape index (κ3) is 10.8. The Kier molecular flexibility index (Phi) is 9.74. The Balaban J connectivity index is 2.23. The normalized spacial score (nSPS) is 9.63. The highest BCUT2D eigenvalue weighted by atomic mass is 17.0. The van der Waals surface area contributed by atoms with E-state index in [0.717, 1.165) is 0 Å². The van der Waals surface area contributed by atoms with Crippen molar-refractivity contribution in [3.8, 4) is 5.75 Å². The van der Waals surface area contributed by atoms with Crippen molar-refractivity contribution >= 4 is 35.5 Å². The molecule has 0 aromatic heterocycles. The number of rotatable bonds is 11. The first-order valence-electron chi connectivity index (χ1n) is 7.98. The van der Waals surface area contributed by atoms with Crippen molar-refractivity contribution in [2.75, 3.05) is 31.7 Å². The summed E-state index contributed by atoms with van der Waals surface area (Å²) >= 11 is 0. The van der Waals surface area contributed by atoms with Crippen molar-refractivity contribution in [2.24, 2.45) is 0 Å². The van der Waals surface area contributed by atoms with Crippen LogP contribution < -0.4 is 10.1 Å². The second kappa shape index (κ2) is 12.3. The minimum absolute atomic E-state index is 0.138. The largest absolute Gasteiger partial charge is 0.452 e. The molecule has 0 heterocycles. The second-order valence-electron chi connectivity index (χ2n) is 5.16. The Morgan fingerprint density at radius 1 is 0.833 bits per heavy atom. The molecule has 0 bridgehead atoms. The number of ether oxygens (including phenoxy) is 4. The molecular formula is C16H16N2O12. The molecule has 0 aliphatic carbocycles. The lowest BCUT2D eigenvalue weighted by molar-refractivity contribution is -0.754. The minimum atomic E-state index is -1.22. The molecule has 0 fully saturated rings. The molecule has 1 amide bonds. The number of esters is 4. The summed E-state index contributed by atoms with van der Waals surface area (Å²) in [5, 5.41) is 11.2. The summed E-state index contributed by atoms with van der Waals surface area (Å²) in [5.41, 5.74) is 0.492. The molecular weight excluding hydrogens is 412 g/mol. The fraction of sp³-hybridized carbons (Fsp3) is 0.312. The van der Waals surface area contributed by atoms with Crippen molar-refractivity contribution in [3.63, 3.8) is 0 Å². The van der Waals surface area contributed by atoms with Gasteiger partial charge in [-0.1, -0.05) is 0 Å². The lowest BCUT2D eigenvalue weighted by Crippen LogP contribution is -2.25. The zero-order chi connectivity index (χ0) is 22.5. The van der Waals surface area contributed by atoms with Crippen molar-refractivity contribution in [2.45, 2.75) is 6.92 Å². The smallest absolute Gasteiger partial charge is 0.349 e. The van der Waals surface area contributed by atoms with E-state index in [1.165, 1.54) is 31.2 Å². The van der Waals surface area contributed by atoms with E-state index in [0.29, 0.717) is 5.69 Å². The third-order valence-electron chi connectivity index (χ3n) is 2.75. The van der Waals surface area contributed by atoms with Gasteiger partial charge in [0.15, 0.2) is 26.4 Å². The molecule has 1 rings (SSSR count). The first-order valence-corrected chi connectivity index (χ1v) is 7.98. The fourth-order valence-corrected chi connectivity index (χ4v) is 1.62. The molecule has 162 valence electrons. The van der Waals surface area contributed by atoms with Crippen molar-refractivity contribution in [3.05, 3.63) is 34.4 Å². The molecule has 30 heavy (non-hydrogen) atoms. The molecule has 14 heteroatoms. The second-order valence-corrected chi connectivity index (χ2v) is 5.16. The molecule has 0 spiro atoms. The standard InChI is InChI=1S/C16H16N2O12/c1-10(19)17-11-2-4-12(5-3-11)30-16(23)8-28-14(21)6-26-13(20)7-27-15(22)9-29-18(24)25/h2-5H,6-9H2,1H3,(H,17,19). The van der Waals surface area contributed by atoms with Gasteiger partial charge in [-0.3, -0.25) is 4.79 Å². The Labute approximate surface area is 168 Å². The van der Waals surface area contributed by atoms with Gasteiger partial charge in [0, 0.05) is 12.6 Å². The van der Waals surface area contributed by atoms with Crippen LogP contribution >= 0.6 is 0 Å². The van der Waals surface area contributed by atoms with Gasteiger partial charge in [0.2, 0.25) is 5.91 Å². The van der Waals surface area contributed by atoms with E-state index in [2.05, 4.69) is 24.4 Å². The van der Waals surface area contributed by atoms with Crippen LogP contribution in [0, 0.1) is 10.1 Å². The van der Waals surface area contributed by atoms with Crippen LogP contribution in [-0.4, -0.2) is 61.3 Å². The predicted octanol–water partition coefficient (Wildman–Crippen LogP) is -0.612. The molecule has 0 aliphatic rings. The SMILES string of the molecule is CC(=O)Nc1ccc(OC(=O)COC(=O)COC(=O)COC(=O)CO[N+](=O)[O-])cc1. The Morgan fingerprint density at radius 3 is 1.77 bits per heavy atom. The van der Waals surface area contributed by atoms with Crippen LogP contribution in [0.3, 0.4) is 0 Å². The molecule has 0 radical (unpaired) electrons. The number of amides is 1. The number of hydrogen-bond acceptors (Lipinski definition) is 12. The van der Waals surface area contributed by atoms with E-state index in [-0.39, 0.29) is 11.7 Å². The maximum atomic E-state index is 11.6. The highest BCUT2D eigenvalue weighted by Crippen LogP contribution is 2.15. The highest BCUT2D eigenvalue weighted by molar-refractivity contribution is 5.88. The zero-order valence-electron chi connectivity index (χ0n) is 15.5. The molecule has 0 saturated carbocycles. The summed E-state index contributed by atoms with van der Waals surface area (Å²) in [6.07, 6.45) is 0. The predicted molar refractivity (Wildman–Crippen MR) is 92.2 cm³/mol. The van der Waals surface area contributed by atoms with Gasteiger partial charge < -0.3 is 29.1 Å². The zero-order valence-corrected chi connectivity index (χ0v) is 15.5. The summed E-state index contributed by atoms with van der Waals surface area (Å²) in [6, 6.07) is 5.80. The Hall–Kier alpha value is -4.23.